The summed E-state index contributed by atoms with van der Waals surface area (Å²) in [6.07, 6.45) is 19.6. The first kappa shape index (κ1) is 28.1. The molecule has 0 saturated heterocycles. The predicted octanol–water partition coefficient (Wildman–Crippen LogP) is 9.83. The largest absolute Gasteiger partial charge is 0.507 e. The summed E-state index contributed by atoms with van der Waals surface area (Å²) in [6.45, 7) is 4.50. The van der Waals surface area contributed by atoms with Crippen molar-refractivity contribution in [2.75, 3.05) is 0 Å². The van der Waals surface area contributed by atoms with Gasteiger partial charge in [-0.3, -0.25) is 0 Å². The summed E-state index contributed by atoms with van der Waals surface area (Å²) in [7, 11) is 0. The summed E-state index contributed by atoms with van der Waals surface area (Å²) in [6, 6.07) is 13.2. The van der Waals surface area contributed by atoms with Gasteiger partial charge in [-0.15, -0.1) is 4.91 Å². The third-order valence-electron chi connectivity index (χ3n) is 6.91. The van der Waals surface area contributed by atoms with Crippen molar-refractivity contribution in [1.29, 1.82) is 0 Å². The van der Waals surface area contributed by atoms with E-state index in [1.54, 1.807) is 0 Å². The van der Waals surface area contributed by atoms with E-state index in [1.807, 2.05) is 36.4 Å². The monoisotopic (exact) mass is 465 g/mol. The van der Waals surface area contributed by atoms with Gasteiger partial charge in [-0.1, -0.05) is 132 Å². The minimum absolute atomic E-state index is 0.266. The van der Waals surface area contributed by atoms with Gasteiger partial charge in [0.05, 0.1) is 0 Å². The maximum absolute atomic E-state index is 11.9. The van der Waals surface area contributed by atoms with E-state index in [-0.39, 0.29) is 5.75 Å². The Balaban J connectivity index is 2.08. The maximum atomic E-state index is 11.9. The van der Waals surface area contributed by atoms with Crippen LogP contribution < -0.4 is 0 Å². The van der Waals surface area contributed by atoms with E-state index in [0.717, 1.165) is 36.8 Å². The van der Waals surface area contributed by atoms with Gasteiger partial charge >= 0.3 is 0 Å². The molecule has 2 aromatic rings. The number of aromatic hydroxyl groups is 1. The number of hydrogen-bond acceptors (Lipinski definition) is 3. The molecule has 1 unspecified atom stereocenters. The van der Waals surface area contributed by atoms with E-state index in [4.69, 9.17) is 0 Å². The summed E-state index contributed by atoms with van der Waals surface area (Å²) in [4.78, 5) is 11.9. The van der Waals surface area contributed by atoms with Crippen LogP contribution in [-0.2, 0) is 12.8 Å². The van der Waals surface area contributed by atoms with E-state index < -0.39 is 6.04 Å². The van der Waals surface area contributed by atoms with Crippen LogP contribution in [0.25, 0.3) is 0 Å². The third-order valence-corrected chi connectivity index (χ3v) is 6.91. The fraction of sp³-hybridized carbons (Fsp3) is 0.613. The zero-order valence-electron chi connectivity index (χ0n) is 21.7. The zero-order chi connectivity index (χ0) is 24.4. The molecule has 0 heterocycles. The number of phenolic OH excluding ortho intramolecular Hbond substituents is 1. The second-order valence-corrected chi connectivity index (χ2v) is 9.85. The Morgan fingerprint density at radius 2 is 1.24 bits per heavy atom. The molecule has 0 spiro atoms. The number of phenols is 1. The second kappa shape index (κ2) is 17.3. The minimum Gasteiger partial charge on any atom is -0.507 e. The highest BCUT2D eigenvalue weighted by atomic mass is 16.3. The van der Waals surface area contributed by atoms with Crippen molar-refractivity contribution in [3.8, 4) is 5.75 Å². The molecule has 0 aliphatic carbocycles. The molecule has 0 aliphatic rings. The van der Waals surface area contributed by atoms with Crippen LogP contribution in [0.15, 0.2) is 47.6 Å². The van der Waals surface area contributed by atoms with Crippen LogP contribution in [0.2, 0.25) is 0 Å². The first-order chi connectivity index (χ1) is 16.7. The molecular weight excluding hydrogens is 418 g/mol. The molecule has 3 heteroatoms. The van der Waals surface area contributed by atoms with Crippen LogP contribution in [0.1, 0.15) is 132 Å². The lowest BCUT2D eigenvalue weighted by Crippen LogP contribution is -2.02. The number of aryl methyl sites for hydroxylation is 2. The molecule has 3 nitrogen and oxygen atoms in total. The van der Waals surface area contributed by atoms with Gasteiger partial charge in [0.15, 0.2) is 0 Å². The molecule has 2 aromatic carbocycles. The third kappa shape index (κ3) is 9.99. The average Bonchev–Trinajstić information content (AvgIpc) is 2.86. The van der Waals surface area contributed by atoms with Crippen LogP contribution in [0.5, 0.6) is 5.75 Å². The van der Waals surface area contributed by atoms with Crippen molar-refractivity contribution in [1.82, 2.24) is 0 Å². The Bertz CT molecular complexity index is 803. The highest BCUT2D eigenvalue weighted by molar-refractivity contribution is 5.49. The van der Waals surface area contributed by atoms with Crippen molar-refractivity contribution in [2.45, 2.75) is 123 Å². The number of benzene rings is 2. The van der Waals surface area contributed by atoms with Crippen molar-refractivity contribution >= 4 is 0 Å². The lowest BCUT2D eigenvalue weighted by Gasteiger charge is -2.17. The summed E-state index contributed by atoms with van der Waals surface area (Å²) in [5.41, 5.74) is 3.71. The van der Waals surface area contributed by atoms with Gasteiger partial charge in [0, 0.05) is 5.56 Å². The highest BCUT2D eigenvalue weighted by Crippen LogP contribution is 2.37. The number of nitroso groups, excluding NO2 is 1. The quantitative estimate of drug-likeness (QED) is 0.166. The maximum Gasteiger partial charge on any atom is 0.145 e. The van der Waals surface area contributed by atoms with Gasteiger partial charge in [0.1, 0.15) is 11.8 Å². The van der Waals surface area contributed by atoms with Crippen LogP contribution in [-0.4, -0.2) is 5.11 Å². The van der Waals surface area contributed by atoms with Gasteiger partial charge in [-0.2, -0.15) is 0 Å². The standard InChI is InChI=1S/C31H47NO2/c1-3-5-7-9-11-13-16-20-26-24-28(23-17-14-12-10-8-6-4-2)31(33)29(25-26)30(32-34)27-21-18-15-19-22-27/h15,18-19,21-22,24-25,30,33H,3-14,16-17,20,23H2,1-2H3. The first-order valence-corrected chi connectivity index (χ1v) is 13.9. The van der Waals surface area contributed by atoms with Gasteiger partial charge < -0.3 is 5.11 Å². The molecule has 1 N–H and O–H groups in total. The molecule has 1 atom stereocenters. The summed E-state index contributed by atoms with van der Waals surface area (Å²) < 4.78 is 0. The molecule has 0 aromatic heterocycles. The molecule has 34 heavy (non-hydrogen) atoms. The minimum atomic E-state index is -0.664. The molecule has 2 rings (SSSR count). The van der Waals surface area contributed by atoms with Crippen LogP contribution in [0, 0.1) is 4.91 Å². The van der Waals surface area contributed by atoms with E-state index in [9.17, 15) is 10.0 Å². The Morgan fingerprint density at radius 3 is 1.79 bits per heavy atom. The molecule has 0 radical (unpaired) electrons. The Morgan fingerprint density at radius 1 is 0.706 bits per heavy atom. The fourth-order valence-electron chi connectivity index (χ4n) is 4.82. The summed E-state index contributed by atoms with van der Waals surface area (Å²) >= 11 is 0. The summed E-state index contributed by atoms with van der Waals surface area (Å²) in [5.74, 6) is 0.266. The summed E-state index contributed by atoms with van der Waals surface area (Å²) in [5, 5.41) is 14.6. The first-order valence-electron chi connectivity index (χ1n) is 13.9. The van der Waals surface area contributed by atoms with Crippen molar-refractivity contribution < 1.29 is 5.11 Å². The van der Waals surface area contributed by atoms with Gasteiger partial charge in [-0.05, 0) is 48.4 Å². The number of nitrogens with zero attached hydrogens (tertiary/aromatic N) is 1. The Hall–Kier alpha value is -2.16. The number of rotatable bonds is 19. The molecule has 0 bridgehead atoms. The fourth-order valence-corrected chi connectivity index (χ4v) is 4.82. The van der Waals surface area contributed by atoms with Gasteiger partial charge in [0.25, 0.3) is 0 Å². The topological polar surface area (TPSA) is 49.7 Å². The molecule has 0 fully saturated rings. The Labute approximate surface area is 208 Å². The van der Waals surface area contributed by atoms with Crippen LogP contribution >= 0.6 is 0 Å². The van der Waals surface area contributed by atoms with Crippen molar-refractivity contribution in [3.05, 3.63) is 69.6 Å². The van der Waals surface area contributed by atoms with Crippen LogP contribution in [0.4, 0.5) is 0 Å². The molecule has 0 saturated carbocycles. The molecule has 0 aliphatic heterocycles. The Kier molecular flexibility index (Phi) is 14.3. The second-order valence-electron chi connectivity index (χ2n) is 9.85. The normalized spacial score (nSPS) is 12.1. The zero-order valence-corrected chi connectivity index (χ0v) is 21.7. The predicted molar refractivity (Wildman–Crippen MR) is 146 cm³/mol. The number of hydrogen-bond donors (Lipinski definition) is 1. The SMILES string of the molecule is CCCCCCCCCc1cc(CCCCCCCCC)c(O)c(C(N=O)c2ccccc2)c1. The average molecular weight is 466 g/mol. The van der Waals surface area contributed by atoms with E-state index in [2.05, 4.69) is 25.1 Å². The van der Waals surface area contributed by atoms with Gasteiger partial charge in [-0.25, -0.2) is 0 Å². The van der Waals surface area contributed by atoms with Crippen molar-refractivity contribution in [3.63, 3.8) is 0 Å². The van der Waals surface area contributed by atoms with E-state index in [0.29, 0.717) is 5.56 Å². The molecular formula is C31H47NO2. The molecule has 0 amide bonds. The van der Waals surface area contributed by atoms with Gasteiger partial charge in [0.2, 0.25) is 0 Å². The van der Waals surface area contributed by atoms with Crippen LogP contribution in [0.3, 0.4) is 0 Å². The lowest BCUT2D eigenvalue weighted by molar-refractivity contribution is 0.455. The lowest BCUT2D eigenvalue weighted by atomic mass is 9.91. The highest BCUT2D eigenvalue weighted by Gasteiger charge is 2.21. The van der Waals surface area contributed by atoms with E-state index in [1.165, 1.54) is 82.6 Å². The van der Waals surface area contributed by atoms with Crippen molar-refractivity contribution in [2.24, 2.45) is 5.18 Å². The van der Waals surface area contributed by atoms with E-state index >= 15 is 0 Å². The molecule has 188 valence electrons. The smallest absolute Gasteiger partial charge is 0.145 e. The number of unbranched alkanes of at least 4 members (excludes halogenated alkanes) is 12.